The highest BCUT2D eigenvalue weighted by Gasteiger charge is 2.32. The van der Waals surface area contributed by atoms with Crippen LogP contribution in [0, 0.1) is 0 Å². The predicted octanol–water partition coefficient (Wildman–Crippen LogP) is 1.59. The molecule has 3 unspecified atom stereocenters. The van der Waals surface area contributed by atoms with Gasteiger partial charge in [0.25, 0.3) is 0 Å². The second-order valence-electron chi connectivity index (χ2n) is 8.22. The first-order chi connectivity index (χ1) is 15.0. The van der Waals surface area contributed by atoms with Crippen molar-refractivity contribution >= 4 is 5.91 Å². The number of piperazine rings is 1. The average Bonchev–Trinajstić information content (AvgIpc) is 2.80. The number of rotatable bonds is 7. The summed E-state index contributed by atoms with van der Waals surface area (Å²) in [6.07, 6.45) is -0.143. The fourth-order valence-electron chi connectivity index (χ4n) is 4.32. The molecule has 2 aromatic carbocycles. The molecule has 1 amide bonds. The number of carbonyl (C=O) groups is 1. The maximum Gasteiger partial charge on any atom is 0.239 e. The number of β-amino-alcohol motifs (C(OH)–C–C–N with tert-alkyl or cyclic N) is 1. The molecule has 2 heterocycles. The summed E-state index contributed by atoms with van der Waals surface area (Å²) in [6, 6.07) is 15.2. The monoisotopic (exact) mass is 425 g/mol. The van der Waals surface area contributed by atoms with Crippen LogP contribution >= 0.6 is 0 Å². The fraction of sp³-hybridized carbons (Fsp3) is 0.458. The molecule has 3 atom stereocenters. The first kappa shape index (κ1) is 21.6. The van der Waals surface area contributed by atoms with E-state index in [1.54, 1.807) is 0 Å². The Kier molecular flexibility index (Phi) is 6.75. The van der Waals surface area contributed by atoms with Crippen molar-refractivity contribution in [3.05, 3.63) is 59.7 Å². The minimum atomic E-state index is -0.661. The van der Waals surface area contributed by atoms with Crippen molar-refractivity contribution in [3.63, 3.8) is 0 Å². The number of amides is 1. The zero-order valence-corrected chi connectivity index (χ0v) is 17.9. The van der Waals surface area contributed by atoms with E-state index in [-0.39, 0.29) is 5.91 Å². The van der Waals surface area contributed by atoms with Crippen LogP contribution in [-0.4, -0.2) is 72.4 Å². The summed E-state index contributed by atoms with van der Waals surface area (Å²) in [6.45, 7) is 5.84. The second kappa shape index (κ2) is 9.68. The molecule has 0 radical (unpaired) electrons. The van der Waals surface area contributed by atoms with Gasteiger partial charge in [-0.1, -0.05) is 43.3 Å². The van der Waals surface area contributed by atoms with Crippen LogP contribution in [0.3, 0.4) is 0 Å². The van der Waals surface area contributed by atoms with Gasteiger partial charge < -0.3 is 20.3 Å². The van der Waals surface area contributed by atoms with E-state index >= 15 is 0 Å². The van der Waals surface area contributed by atoms with Gasteiger partial charge in [0.15, 0.2) is 17.6 Å². The third-order valence-corrected chi connectivity index (χ3v) is 6.13. The number of aliphatic hydroxyl groups is 1. The first-order valence-corrected chi connectivity index (χ1v) is 11.0. The number of aryl methyl sites for hydroxylation is 1. The van der Waals surface area contributed by atoms with Crippen molar-refractivity contribution in [1.29, 1.82) is 0 Å². The Hall–Kier alpha value is -2.61. The van der Waals surface area contributed by atoms with Gasteiger partial charge in [-0.25, -0.2) is 0 Å². The zero-order valence-electron chi connectivity index (χ0n) is 17.9. The van der Waals surface area contributed by atoms with E-state index in [0.29, 0.717) is 32.0 Å². The number of nitrogens with zero attached hydrogens (tertiary/aromatic N) is 2. The van der Waals surface area contributed by atoms with Gasteiger partial charge in [-0.15, -0.1) is 0 Å². The van der Waals surface area contributed by atoms with Crippen LogP contribution in [0.25, 0.3) is 0 Å². The lowest BCUT2D eigenvalue weighted by Gasteiger charge is -2.40. The molecule has 7 heteroatoms. The summed E-state index contributed by atoms with van der Waals surface area (Å²) in [5.41, 5.74) is 7.80. The van der Waals surface area contributed by atoms with Crippen molar-refractivity contribution < 1.29 is 19.4 Å². The number of hydrogen-bond acceptors (Lipinski definition) is 6. The van der Waals surface area contributed by atoms with Gasteiger partial charge in [-0.2, -0.15) is 0 Å². The number of carbonyl (C=O) groups excluding carboxylic acids is 1. The van der Waals surface area contributed by atoms with Crippen molar-refractivity contribution in [3.8, 4) is 11.5 Å². The van der Waals surface area contributed by atoms with Crippen LogP contribution in [0.1, 0.15) is 24.1 Å². The highest BCUT2D eigenvalue weighted by atomic mass is 16.6. The van der Waals surface area contributed by atoms with E-state index < -0.39 is 18.2 Å². The quantitative estimate of drug-likeness (QED) is 0.701. The van der Waals surface area contributed by atoms with Crippen LogP contribution in [0.15, 0.2) is 48.5 Å². The Morgan fingerprint density at radius 3 is 2.55 bits per heavy atom. The van der Waals surface area contributed by atoms with Crippen LogP contribution < -0.4 is 15.2 Å². The summed E-state index contributed by atoms with van der Waals surface area (Å²) >= 11 is 0. The number of primary amides is 1. The number of ether oxygens (including phenoxy) is 2. The molecule has 1 saturated heterocycles. The number of aliphatic hydroxyl groups excluding tert-OH is 1. The molecule has 4 rings (SSSR count). The third-order valence-electron chi connectivity index (χ3n) is 6.13. The molecule has 3 N–H and O–H groups in total. The van der Waals surface area contributed by atoms with Gasteiger partial charge in [-0.3, -0.25) is 14.6 Å². The SMILES string of the molecule is CCc1ccc2c(c1)OC(C(O)CN1CCN(C(C(N)=O)c3ccccc3)CC1)CO2. The van der Waals surface area contributed by atoms with Gasteiger partial charge in [0, 0.05) is 32.7 Å². The smallest absolute Gasteiger partial charge is 0.239 e. The molecule has 166 valence electrons. The van der Waals surface area contributed by atoms with E-state index in [9.17, 15) is 9.90 Å². The Bertz CT molecular complexity index is 884. The third kappa shape index (κ3) is 5.01. The maximum atomic E-state index is 12.1. The summed E-state index contributed by atoms with van der Waals surface area (Å²) in [7, 11) is 0. The molecule has 0 saturated carbocycles. The van der Waals surface area contributed by atoms with Crippen molar-refractivity contribution in [2.45, 2.75) is 31.6 Å². The zero-order chi connectivity index (χ0) is 21.8. The average molecular weight is 426 g/mol. The first-order valence-electron chi connectivity index (χ1n) is 11.0. The van der Waals surface area contributed by atoms with Gasteiger partial charge in [0.1, 0.15) is 18.8 Å². The van der Waals surface area contributed by atoms with Crippen LogP contribution in [-0.2, 0) is 11.2 Å². The number of hydrogen-bond donors (Lipinski definition) is 2. The van der Waals surface area contributed by atoms with E-state index in [1.807, 2.05) is 48.5 Å². The number of nitrogens with two attached hydrogens (primary N) is 1. The van der Waals surface area contributed by atoms with Crippen LogP contribution in [0.4, 0.5) is 0 Å². The Balaban J connectivity index is 1.32. The van der Waals surface area contributed by atoms with Gasteiger partial charge >= 0.3 is 0 Å². The van der Waals surface area contributed by atoms with E-state index in [0.717, 1.165) is 30.8 Å². The molecule has 0 bridgehead atoms. The standard InChI is InChI=1S/C24H31N3O4/c1-2-17-8-9-20-21(14-17)31-22(16-30-20)19(28)15-26-10-12-27(13-11-26)23(24(25)29)18-6-4-3-5-7-18/h3-9,14,19,22-23,28H,2,10-13,15-16H2,1H3,(H2,25,29). The van der Waals surface area contributed by atoms with Gasteiger partial charge in [0.2, 0.25) is 5.91 Å². The lowest BCUT2D eigenvalue weighted by Crippen LogP contribution is -2.54. The molecular formula is C24H31N3O4. The molecule has 1 fully saturated rings. The van der Waals surface area contributed by atoms with Crippen molar-refractivity contribution in [2.24, 2.45) is 5.73 Å². The Morgan fingerprint density at radius 1 is 1.13 bits per heavy atom. The van der Waals surface area contributed by atoms with Crippen molar-refractivity contribution in [1.82, 2.24) is 9.80 Å². The normalized spacial score (nSPS) is 21.4. The molecule has 0 aliphatic carbocycles. The molecule has 0 spiro atoms. The minimum absolute atomic E-state index is 0.331. The lowest BCUT2D eigenvalue weighted by atomic mass is 10.0. The molecule has 2 aromatic rings. The molecule has 2 aliphatic heterocycles. The molecule has 2 aliphatic rings. The largest absolute Gasteiger partial charge is 0.486 e. The van der Waals surface area contributed by atoms with Gasteiger partial charge in [0.05, 0.1) is 0 Å². The van der Waals surface area contributed by atoms with E-state index in [4.69, 9.17) is 15.2 Å². The van der Waals surface area contributed by atoms with Crippen LogP contribution in [0.5, 0.6) is 11.5 Å². The Labute approximate surface area is 183 Å². The summed E-state index contributed by atoms with van der Waals surface area (Å²) in [4.78, 5) is 16.4. The molecule has 0 aromatic heterocycles. The summed E-state index contributed by atoms with van der Waals surface area (Å²) in [5, 5.41) is 10.8. The maximum absolute atomic E-state index is 12.1. The number of fused-ring (bicyclic) bond motifs is 1. The molecular weight excluding hydrogens is 394 g/mol. The number of benzene rings is 2. The summed E-state index contributed by atoms with van der Waals surface area (Å²) in [5.74, 6) is 1.09. The molecule has 31 heavy (non-hydrogen) atoms. The highest BCUT2D eigenvalue weighted by molar-refractivity contribution is 5.81. The van der Waals surface area contributed by atoms with Crippen molar-refractivity contribution in [2.75, 3.05) is 39.3 Å². The van der Waals surface area contributed by atoms with Gasteiger partial charge in [-0.05, 0) is 29.7 Å². The Morgan fingerprint density at radius 2 is 1.87 bits per heavy atom. The topological polar surface area (TPSA) is 88.3 Å². The predicted molar refractivity (Wildman–Crippen MR) is 118 cm³/mol. The minimum Gasteiger partial charge on any atom is -0.486 e. The fourth-order valence-corrected chi connectivity index (χ4v) is 4.32. The van der Waals surface area contributed by atoms with Crippen LogP contribution in [0.2, 0.25) is 0 Å². The van der Waals surface area contributed by atoms with E-state index in [1.165, 1.54) is 5.56 Å². The highest BCUT2D eigenvalue weighted by Crippen LogP contribution is 2.33. The summed E-state index contributed by atoms with van der Waals surface area (Å²) < 4.78 is 11.9. The second-order valence-corrected chi connectivity index (χ2v) is 8.22. The molecule has 7 nitrogen and oxygen atoms in total. The van der Waals surface area contributed by atoms with E-state index in [2.05, 4.69) is 16.7 Å². The lowest BCUT2D eigenvalue weighted by molar-refractivity contribution is -0.124.